The Labute approximate surface area is 147 Å². The molecule has 0 N–H and O–H groups in total. The van der Waals surface area contributed by atoms with Gasteiger partial charge < -0.3 is 0 Å². The fraction of sp³-hybridized carbons (Fsp3) is 0.118. The third-order valence-corrected chi connectivity index (χ3v) is 4.78. The molecule has 0 saturated heterocycles. The van der Waals surface area contributed by atoms with Crippen LogP contribution in [-0.2, 0) is 6.42 Å². The second kappa shape index (κ2) is 6.48. The number of rotatable bonds is 4. The highest BCUT2D eigenvalue weighted by Crippen LogP contribution is 2.25. The number of nitro benzene ring substituents is 1. The maximum absolute atomic E-state index is 10.8. The van der Waals surface area contributed by atoms with E-state index in [1.165, 1.54) is 12.1 Å². The number of aromatic nitrogens is 3. The summed E-state index contributed by atoms with van der Waals surface area (Å²) in [7, 11) is 0. The number of hydrogen-bond acceptors (Lipinski definition) is 6. The molecule has 2 aromatic carbocycles. The molecule has 4 rings (SSSR count). The Bertz CT molecular complexity index is 951. The Morgan fingerprint density at radius 1 is 1.08 bits per heavy atom. The molecule has 0 atom stereocenters. The number of benzene rings is 2. The van der Waals surface area contributed by atoms with Crippen molar-refractivity contribution in [3.8, 4) is 0 Å². The average molecular weight is 351 g/mol. The lowest BCUT2D eigenvalue weighted by molar-refractivity contribution is -0.384. The van der Waals surface area contributed by atoms with Gasteiger partial charge in [-0.15, -0.1) is 10.2 Å². The topological polar surface area (TPSA) is 86.2 Å². The van der Waals surface area contributed by atoms with Crippen molar-refractivity contribution < 1.29 is 4.92 Å². The van der Waals surface area contributed by atoms with Crippen LogP contribution < -0.4 is 0 Å². The van der Waals surface area contributed by atoms with E-state index in [-0.39, 0.29) is 5.69 Å². The van der Waals surface area contributed by atoms with E-state index in [9.17, 15) is 10.1 Å². The summed E-state index contributed by atoms with van der Waals surface area (Å²) in [6, 6.07) is 16.5. The molecule has 0 bridgehead atoms. The van der Waals surface area contributed by atoms with Crippen LogP contribution in [-0.4, -0.2) is 31.3 Å². The van der Waals surface area contributed by atoms with Gasteiger partial charge in [0.15, 0.2) is 5.82 Å². The van der Waals surface area contributed by atoms with Crippen molar-refractivity contribution in [3.63, 3.8) is 0 Å². The van der Waals surface area contributed by atoms with Crippen LogP contribution >= 0.6 is 11.8 Å². The molecular formula is C17H13N5O2S. The van der Waals surface area contributed by atoms with Gasteiger partial charge in [0.2, 0.25) is 5.16 Å². The smallest absolute Gasteiger partial charge is 0.258 e. The zero-order valence-electron chi connectivity index (χ0n) is 13.1. The molecule has 0 fully saturated rings. The van der Waals surface area contributed by atoms with Crippen LogP contribution in [0.2, 0.25) is 0 Å². The summed E-state index contributed by atoms with van der Waals surface area (Å²) in [5.74, 6) is 1.43. The number of thioether (sulfide) groups is 1. The quantitative estimate of drug-likeness (QED) is 0.532. The third kappa shape index (κ3) is 3.16. The SMILES string of the molecule is O=[N+]([O-])c1ccc(C2=Nn3c(Cc4ccccc4)nnc3SC2)cc1. The number of nitro groups is 1. The number of non-ortho nitro benzene ring substituents is 1. The van der Waals surface area contributed by atoms with Gasteiger partial charge in [0.25, 0.3) is 5.69 Å². The van der Waals surface area contributed by atoms with E-state index in [1.807, 2.05) is 30.3 Å². The molecule has 1 aromatic heterocycles. The molecule has 124 valence electrons. The maximum atomic E-state index is 10.8. The molecule has 0 amide bonds. The predicted molar refractivity (Wildman–Crippen MR) is 95.0 cm³/mol. The molecule has 0 saturated carbocycles. The van der Waals surface area contributed by atoms with Crippen molar-refractivity contribution >= 4 is 23.2 Å². The summed E-state index contributed by atoms with van der Waals surface area (Å²) >= 11 is 1.56. The van der Waals surface area contributed by atoms with Gasteiger partial charge in [0, 0.05) is 24.3 Å². The highest BCUT2D eigenvalue weighted by Gasteiger charge is 2.20. The van der Waals surface area contributed by atoms with Gasteiger partial charge in [-0.05, 0) is 23.3 Å². The predicted octanol–water partition coefficient (Wildman–Crippen LogP) is 3.14. The first-order valence-corrected chi connectivity index (χ1v) is 8.63. The second-order valence-electron chi connectivity index (χ2n) is 5.51. The van der Waals surface area contributed by atoms with Crippen LogP contribution in [0.3, 0.4) is 0 Å². The van der Waals surface area contributed by atoms with Gasteiger partial charge in [-0.2, -0.15) is 9.78 Å². The third-order valence-electron chi connectivity index (χ3n) is 3.85. The zero-order chi connectivity index (χ0) is 17.2. The van der Waals surface area contributed by atoms with Gasteiger partial charge in [0.05, 0.1) is 10.6 Å². The van der Waals surface area contributed by atoms with Gasteiger partial charge in [-0.1, -0.05) is 42.1 Å². The van der Waals surface area contributed by atoms with E-state index >= 15 is 0 Å². The fourth-order valence-corrected chi connectivity index (χ4v) is 3.43. The Morgan fingerprint density at radius 2 is 1.84 bits per heavy atom. The summed E-state index contributed by atoms with van der Waals surface area (Å²) in [5.41, 5.74) is 2.92. The summed E-state index contributed by atoms with van der Waals surface area (Å²) < 4.78 is 1.76. The Balaban J connectivity index is 1.65. The minimum absolute atomic E-state index is 0.0718. The zero-order valence-corrected chi connectivity index (χ0v) is 13.9. The van der Waals surface area contributed by atoms with Crippen molar-refractivity contribution in [2.45, 2.75) is 11.6 Å². The lowest BCUT2D eigenvalue weighted by Crippen LogP contribution is -2.14. The second-order valence-corrected chi connectivity index (χ2v) is 6.45. The van der Waals surface area contributed by atoms with Crippen molar-refractivity contribution in [3.05, 3.63) is 81.7 Å². The summed E-state index contributed by atoms with van der Waals surface area (Å²) in [6.45, 7) is 0. The first-order chi connectivity index (χ1) is 12.2. The fourth-order valence-electron chi connectivity index (χ4n) is 2.57. The van der Waals surface area contributed by atoms with E-state index in [4.69, 9.17) is 0 Å². The highest BCUT2D eigenvalue weighted by molar-refractivity contribution is 7.99. The van der Waals surface area contributed by atoms with E-state index in [1.54, 1.807) is 28.6 Å². The average Bonchev–Trinajstić information content (AvgIpc) is 3.05. The van der Waals surface area contributed by atoms with E-state index in [0.29, 0.717) is 12.2 Å². The lowest BCUT2D eigenvalue weighted by Gasteiger charge is -2.13. The molecule has 1 aliphatic rings. The molecular weight excluding hydrogens is 338 g/mol. The molecule has 0 spiro atoms. The van der Waals surface area contributed by atoms with Crippen LogP contribution in [0.25, 0.3) is 0 Å². The number of fused-ring (bicyclic) bond motifs is 1. The maximum Gasteiger partial charge on any atom is 0.269 e. The molecule has 0 aliphatic carbocycles. The monoisotopic (exact) mass is 351 g/mol. The van der Waals surface area contributed by atoms with Gasteiger partial charge in [-0.3, -0.25) is 10.1 Å². The molecule has 25 heavy (non-hydrogen) atoms. The molecule has 0 unspecified atom stereocenters. The molecule has 8 heteroatoms. The van der Waals surface area contributed by atoms with Gasteiger partial charge in [0.1, 0.15) is 0 Å². The minimum atomic E-state index is -0.406. The molecule has 3 aromatic rings. The Hall–Kier alpha value is -3.00. The Kier molecular flexibility index (Phi) is 4.02. The van der Waals surface area contributed by atoms with Crippen molar-refractivity contribution in [2.24, 2.45) is 5.10 Å². The largest absolute Gasteiger partial charge is 0.269 e. The van der Waals surface area contributed by atoms with Gasteiger partial charge in [-0.25, -0.2) is 0 Å². The number of hydrogen-bond donors (Lipinski definition) is 0. The van der Waals surface area contributed by atoms with E-state index < -0.39 is 4.92 Å². The van der Waals surface area contributed by atoms with E-state index in [0.717, 1.165) is 27.8 Å². The molecule has 1 aliphatic heterocycles. The Morgan fingerprint density at radius 3 is 2.56 bits per heavy atom. The van der Waals surface area contributed by atoms with Crippen molar-refractivity contribution in [1.29, 1.82) is 0 Å². The van der Waals surface area contributed by atoms with E-state index in [2.05, 4.69) is 15.3 Å². The molecule has 7 nitrogen and oxygen atoms in total. The van der Waals surface area contributed by atoms with Crippen LogP contribution in [0, 0.1) is 10.1 Å². The number of nitrogens with zero attached hydrogens (tertiary/aromatic N) is 5. The minimum Gasteiger partial charge on any atom is -0.258 e. The summed E-state index contributed by atoms with van der Waals surface area (Å²) in [4.78, 5) is 10.4. The molecule has 2 heterocycles. The first kappa shape index (κ1) is 15.5. The van der Waals surface area contributed by atoms with Crippen molar-refractivity contribution in [2.75, 3.05) is 5.75 Å². The van der Waals surface area contributed by atoms with Crippen LogP contribution in [0.15, 0.2) is 64.9 Å². The standard InChI is InChI=1S/C17H13N5O2S/c23-22(24)14-8-6-13(7-9-14)15-11-25-17-19-18-16(21(17)20-15)10-12-4-2-1-3-5-12/h1-9H,10-11H2. The van der Waals surface area contributed by atoms with Crippen LogP contribution in [0.5, 0.6) is 0 Å². The lowest BCUT2D eigenvalue weighted by atomic mass is 10.1. The van der Waals surface area contributed by atoms with Crippen LogP contribution in [0.1, 0.15) is 17.0 Å². The van der Waals surface area contributed by atoms with Crippen LogP contribution in [0.4, 0.5) is 5.69 Å². The summed E-state index contributed by atoms with van der Waals surface area (Å²) in [6.07, 6.45) is 0.644. The molecule has 0 radical (unpaired) electrons. The van der Waals surface area contributed by atoms with Gasteiger partial charge >= 0.3 is 0 Å². The summed E-state index contributed by atoms with van der Waals surface area (Å²) in [5, 5.41) is 24.7. The van der Waals surface area contributed by atoms with Crippen molar-refractivity contribution in [1.82, 2.24) is 14.9 Å². The normalized spacial score (nSPS) is 13.2. The first-order valence-electron chi connectivity index (χ1n) is 7.64. The highest BCUT2D eigenvalue weighted by atomic mass is 32.2.